The largest absolute Gasteiger partial charge is 0.433 e. The molecule has 18 heavy (non-hydrogen) atoms. The van der Waals surface area contributed by atoms with E-state index in [1.54, 1.807) is 0 Å². The molecule has 7 heteroatoms. The predicted molar refractivity (Wildman–Crippen MR) is 61.9 cm³/mol. The minimum Gasteiger partial charge on any atom is -0.382 e. The maximum Gasteiger partial charge on any atom is 0.433 e. The van der Waals surface area contributed by atoms with E-state index in [9.17, 15) is 13.2 Å². The minimum atomic E-state index is -4.45. The fourth-order valence-corrected chi connectivity index (χ4v) is 1.51. The van der Waals surface area contributed by atoms with Crippen molar-refractivity contribution >= 4 is 17.4 Å². The Kier molecular flexibility index (Phi) is 3.13. The fourth-order valence-electron chi connectivity index (χ4n) is 1.34. The Morgan fingerprint density at radius 1 is 1.06 bits per heavy atom. The van der Waals surface area contributed by atoms with Gasteiger partial charge in [0.25, 0.3) is 0 Å². The lowest BCUT2D eigenvalue weighted by atomic mass is 10.1. The fraction of sp³-hybridized carbons (Fsp3) is 0.0909. The Balaban J connectivity index is 2.37. The van der Waals surface area contributed by atoms with Crippen molar-refractivity contribution in [1.82, 2.24) is 9.97 Å². The van der Waals surface area contributed by atoms with Gasteiger partial charge >= 0.3 is 6.18 Å². The van der Waals surface area contributed by atoms with Crippen LogP contribution in [0.2, 0.25) is 5.02 Å². The van der Waals surface area contributed by atoms with Gasteiger partial charge in [-0.25, -0.2) is 4.98 Å². The molecular formula is C11H7ClF3N3. The van der Waals surface area contributed by atoms with Crippen LogP contribution in [0.5, 0.6) is 0 Å². The van der Waals surface area contributed by atoms with E-state index >= 15 is 0 Å². The highest BCUT2D eigenvalue weighted by Crippen LogP contribution is 2.29. The zero-order valence-electron chi connectivity index (χ0n) is 8.87. The molecule has 0 radical (unpaired) electrons. The van der Waals surface area contributed by atoms with Crippen LogP contribution in [0.3, 0.4) is 0 Å². The molecule has 2 heterocycles. The molecule has 0 amide bonds. The minimum absolute atomic E-state index is 0.167. The Morgan fingerprint density at radius 2 is 1.72 bits per heavy atom. The molecule has 2 N–H and O–H groups in total. The lowest BCUT2D eigenvalue weighted by Crippen LogP contribution is -2.07. The third-order valence-electron chi connectivity index (χ3n) is 2.26. The molecule has 0 aliphatic rings. The van der Waals surface area contributed by atoms with Crippen molar-refractivity contribution in [2.45, 2.75) is 6.18 Å². The number of nitrogens with zero attached hydrogens (tertiary/aromatic N) is 2. The van der Waals surface area contributed by atoms with Gasteiger partial charge in [0, 0.05) is 23.5 Å². The highest BCUT2D eigenvalue weighted by Gasteiger charge is 2.32. The summed E-state index contributed by atoms with van der Waals surface area (Å²) in [6.45, 7) is 0. The molecule has 2 aromatic heterocycles. The van der Waals surface area contributed by atoms with Crippen molar-refractivity contribution in [2.24, 2.45) is 0 Å². The zero-order valence-corrected chi connectivity index (χ0v) is 9.63. The second kappa shape index (κ2) is 4.45. The van der Waals surface area contributed by atoms with Crippen molar-refractivity contribution < 1.29 is 13.2 Å². The van der Waals surface area contributed by atoms with E-state index < -0.39 is 11.9 Å². The van der Waals surface area contributed by atoms with E-state index in [1.165, 1.54) is 18.3 Å². The molecule has 3 nitrogen and oxygen atoms in total. The summed E-state index contributed by atoms with van der Waals surface area (Å²) in [4.78, 5) is 7.17. The molecule has 2 aromatic rings. The molecular weight excluding hydrogens is 267 g/mol. The van der Waals surface area contributed by atoms with Crippen LogP contribution < -0.4 is 5.73 Å². The molecule has 94 valence electrons. The number of halogens is 4. The first-order valence-electron chi connectivity index (χ1n) is 4.82. The lowest BCUT2D eigenvalue weighted by molar-refractivity contribution is -0.141. The van der Waals surface area contributed by atoms with Gasteiger partial charge in [-0.15, -0.1) is 0 Å². The van der Waals surface area contributed by atoms with Crippen LogP contribution in [-0.4, -0.2) is 9.97 Å². The monoisotopic (exact) mass is 273 g/mol. The van der Waals surface area contributed by atoms with E-state index in [2.05, 4.69) is 9.97 Å². The van der Waals surface area contributed by atoms with Crippen molar-refractivity contribution in [3.05, 3.63) is 41.3 Å². The first-order chi connectivity index (χ1) is 8.38. The van der Waals surface area contributed by atoms with Crippen LogP contribution in [0.15, 0.2) is 30.6 Å². The Labute approximate surface area is 105 Å². The second-order valence-corrected chi connectivity index (χ2v) is 3.93. The van der Waals surface area contributed by atoms with E-state index in [1.807, 2.05) is 0 Å². The average Bonchev–Trinajstić information content (AvgIpc) is 2.32. The van der Waals surface area contributed by atoms with Crippen LogP contribution in [0, 0.1) is 0 Å². The van der Waals surface area contributed by atoms with Crippen LogP contribution in [-0.2, 0) is 6.18 Å². The van der Waals surface area contributed by atoms with E-state index in [0.29, 0.717) is 11.1 Å². The quantitative estimate of drug-likeness (QED) is 0.866. The van der Waals surface area contributed by atoms with Gasteiger partial charge in [0.2, 0.25) is 0 Å². The predicted octanol–water partition coefficient (Wildman–Crippen LogP) is 3.40. The second-order valence-electron chi connectivity index (χ2n) is 3.52. The molecule has 2 rings (SSSR count). The van der Waals surface area contributed by atoms with Crippen LogP contribution in [0.4, 0.5) is 19.0 Å². The molecule has 0 atom stereocenters. The topological polar surface area (TPSA) is 51.8 Å². The summed E-state index contributed by atoms with van der Waals surface area (Å²) < 4.78 is 37.0. The number of alkyl halides is 3. The first kappa shape index (κ1) is 12.6. The molecule has 0 aromatic carbocycles. The number of aromatic nitrogens is 2. The van der Waals surface area contributed by atoms with Gasteiger partial charge in [0.15, 0.2) is 0 Å². The Morgan fingerprint density at radius 3 is 2.22 bits per heavy atom. The van der Waals surface area contributed by atoms with Crippen molar-refractivity contribution in [3.63, 3.8) is 0 Å². The smallest absolute Gasteiger partial charge is 0.382 e. The maximum atomic E-state index is 12.3. The standard InChI is InChI=1S/C11H7ClF3N3/c12-8-3-7(5-18-10(8)16)6-1-2-9(17-4-6)11(13,14)15/h1-5H,(H2,16,18). The van der Waals surface area contributed by atoms with E-state index in [4.69, 9.17) is 17.3 Å². The molecule has 0 fully saturated rings. The molecule has 0 saturated carbocycles. The summed E-state index contributed by atoms with van der Waals surface area (Å²) in [6.07, 6.45) is -1.91. The number of anilines is 1. The number of nitrogen functional groups attached to an aromatic ring is 1. The molecule has 0 saturated heterocycles. The van der Waals surface area contributed by atoms with Crippen molar-refractivity contribution in [1.29, 1.82) is 0 Å². The van der Waals surface area contributed by atoms with Gasteiger partial charge in [0.05, 0.1) is 5.02 Å². The summed E-state index contributed by atoms with van der Waals surface area (Å²) >= 11 is 5.78. The SMILES string of the molecule is Nc1ncc(-c2ccc(C(F)(F)F)nc2)cc1Cl. The summed E-state index contributed by atoms with van der Waals surface area (Å²) in [7, 11) is 0. The third-order valence-corrected chi connectivity index (χ3v) is 2.56. The number of nitrogens with two attached hydrogens (primary N) is 1. The molecule has 0 aliphatic heterocycles. The number of hydrogen-bond donors (Lipinski definition) is 1. The highest BCUT2D eigenvalue weighted by molar-refractivity contribution is 6.33. The van der Waals surface area contributed by atoms with E-state index in [0.717, 1.165) is 12.3 Å². The number of pyridine rings is 2. The Bertz CT molecular complexity index is 567. The first-order valence-corrected chi connectivity index (χ1v) is 5.20. The van der Waals surface area contributed by atoms with Gasteiger partial charge in [-0.1, -0.05) is 17.7 Å². The van der Waals surface area contributed by atoms with Crippen molar-refractivity contribution in [3.8, 4) is 11.1 Å². The van der Waals surface area contributed by atoms with Gasteiger partial charge in [-0.3, -0.25) is 4.98 Å². The molecule has 0 bridgehead atoms. The highest BCUT2D eigenvalue weighted by atomic mass is 35.5. The number of hydrogen-bond acceptors (Lipinski definition) is 3. The summed E-state index contributed by atoms with van der Waals surface area (Å²) in [5, 5.41) is 0.243. The summed E-state index contributed by atoms with van der Waals surface area (Å²) in [6, 6.07) is 3.73. The Hall–Kier alpha value is -1.82. The zero-order chi connectivity index (χ0) is 13.3. The summed E-state index contributed by atoms with van der Waals surface area (Å²) in [5.74, 6) is 0.167. The maximum absolute atomic E-state index is 12.3. The van der Waals surface area contributed by atoms with Crippen molar-refractivity contribution in [2.75, 3.05) is 5.73 Å². The van der Waals surface area contributed by atoms with Gasteiger partial charge in [-0.05, 0) is 12.1 Å². The molecule has 0 aliphatic carbocycles. The molecule has 0 unspecified atom stereocenters. The lowest BCUT2D eigenvalue weighted by Gasteiger charge is -2.07. The van der Waals surface area contributed by atoms with Gasteiger partial charge in [0.1, 0.15) is 11.5 Å². The van der Waals surface area contributed by atoms with Crippen LogP contribution in [0.1, 0.15) is 5.69 Å². The van der Waals surface area contributed by atoms with Gasteiger partial charge in [-0.2, -0.15) is 13.2 Å². The number of rotatable bonds is 1. The molecule has 0 spiro atoms. The van der Waals surface area contributed by atoms with Gasteiger partial charge < -0.3 is 5.73 Å². The average molecular weight is 274 g/mol. The van der Waals surface area contributed by atoms with E-state index in [-0.39, 0.29) is 10.8 Å². The summed E-state index contributed by atoms with van der Waals surface area (Å²) in [5.41, 5.74) is 5.53. The van der Waals surface area contributed by atoms with Crippen LogP contribution in [0.25, 0.3) is 11.1 Å². The third kappa shape index (κ3) is 2.53. The van der Waals surface area contributed by atoms with Crippen LogP contribution >= 0.6 is 11.6 Å². The normalized spacial score (nSPS) is 11.6.